The smallest absolute Gasteiger partial charge is 0.308 e. The molecule has 0 radical (unpaired) electrons. The second-order valence-electron chi connectivity index (χ2n) is 14.1. The third kappa shape index (κ3) is 12.4. The molecule has 2 saturated heterocycles. The minimum atomic E-state index is -2.39. The van der Waals surface area contributed by atoms with Crippen molar-refractivity contribution in [2.75, 3.05) is 19.8 Å². The van der Waals surface area contributed by atoms with Crippen LogP contribution in [-0.4, -0.2) is 119 Å². The van der Waals surface area contributed by atoms with Crippen molar-refractivity contribution in [1.82, 2.24) is 0 Å². The average molecular weight is 721 g/mol. The van der Waals surface area contributed by atoms with Gasteiger partial charge in [0.05, 0.1) is 25.0 Å². The number of hydrogen-bond donors (Lipinski definition) is 4. The monoisotopic (exact) mass is 720 g/mol. The molecule has 2 heterocycles. The van der Waals surface area contributed by atoms with Gasteiger partial charge in [-0.3, -0.25) is 19.2 Å². The van der Waals surface area contributed by atoms with Crippen LogP contribution in [0.1, 0.15) is 106 Å². The number of hydrogen-bond acceptors (Lipinski definition) is 15. The van der Waals surface area contributed by atoms with Crippen LogP contribution in [-0.2, 0) is 52.3 Å². The molecule has 50 heavy (non-hydrogen) atoms. The minimum absolute atomic E-state index is 0.0237. The predicted molar refractivity (Wildman–Crippen MR) is 176 cm³/mol. The van der Waals surface area contributed by atoms with Gasteiger partial charge in [-0.05, 0) is 12.3 Å². The van der Waals surface area contributed by atoms with E-state index in [1.54, 1.807) is 41.5 Å². The second-order valence-corrected chi connectivity index (χ2v) is 14.1. The van der Waals surface area contributed by atoms with Crippen LogP contribution in [0.15, 0.2) is 0 Å². The predicted octanol–water partition coefficient (Wildman–Crippen LogP) is 2.31. The number of carbonyl (C=O) groups is 4. The van der Waals surface area contributed by atoms with Crippen LogP contribution < -0.4 is 0 Å². The minimum Gasteiger partial charge on any atom is -0.455 e. The number of ether oxygens (including phenoxy) is 7. The van der Waals surface area contributed by atoms with Crippen molar-refractivity contribution in [2.45, 2.75) is 161 Å². The van der Waals surface area contributed by atoms with Crippen molar-refractivity contribution >= 4 is 23.9 Å². The highest BCUT2D eigenvalue weighted by atomic mass is 16.8. The van der Waals surface area contributed by atoms with Crippen molar-refractivity contribution < 1.29 is 72.8 Å². The van der Waals surface area contributed by atoms with Crippen LogP contribution in [0.4, 0.5) is 0 Å². The Morgan fingerprint density at radius 3 is 1.78 bits per heavy atom. The van der Waals surface area contributed by atoms with E-state index < -0.39 is 110 Å². The van der Waals surface area contributed by atoms with Crippen LogP contribution >= 0.6 is 0 Å². The molecule has 0 aromatic heterocycles. The Morgan fingerprint density at radius 2 is 1.26 bits per heavy atom. The van der Waals surface area contributed by atoms with Gasteiger partial charge in [-0.15, -0.1) is 0 Å². The molecule has 15 nitrogen and oxygen atoms in total. The number of aliphatic hydroxyl groups excluding tert-OH is 4. The Kier molecular flexibility index (Phi) is 18.6. The average Bonchev–Trinajstić information content (AvgIpc) is 3.32. The van der Waals surface area contributed by atoms with Gasteiger partial charge in [0, 0.05) is 12.8 Å². The van der Waals surface area contributed by atoms with E-state index in [2.05, 4.69) is 6.92 Å². The normalized spacial score (nSPS) is 29.7. The van der Waals surface area contributed by atoms with E-state index >= 15 is 0 Å². The first-order chi connectivity index (χ1) is 23.6. The van der Waals surface area contributed by atoms with Crippen LogP contribution in [0.5, 0.6) is 0 Å². The van der Waals surface area contributed by atoms with Crippen LogP contribution in [0.25, 0.3) is 0 Å². The first-order valence-electron chi connectivity index (χ1n) is 18.0. The summed E-state index contributed by atoms with van der Waals surface area (Å²) < 4.78 is 40.8. The van der Waals surface area contributed by atoms with Crippen molar-refractivity contribution in [3.8, 4) is 0 Å². The second kappa shape index (κ2) is 21.2. The van der Waals surface area contributed by atoms with Crippen molar-refractivity contribution in [3.63, 3.8) is 0 Å². The van der Waals surface area contributed by atoms with E-state index in [4.69, 9.17) is 33.2 Å². The lowest BCUT2D eigenvalue weighted by molar-refractivity contribution is -0.384. The third-order valence-corrected chi connectivity index (χ3v) is 8.50. The Bertz CT molecular complexity index is 1060. The molecular formula is C35H60O15. The highest BCUT2D eigenvalue weighted by Crippen LogP contribution is 2.40. The van der Waals surface area contributed by atoms with E-state index in [-0.39, 0.29) is 18.8 Å². The van der Waals surface area contributed by atoms with Crippen molar-refractivity contribution in [1.29, 1.82) is 0 Å². The first-order valence-corrected chi connectivity index (χ1v) is 18.0. The molecule has 9 atom stereocenters. The lowest BCUT2D eigenvalue weighted by atomic mass is 9.97. The van der Waals surface area contributed by atoms with Gasteiger partial charge in [-0.25, -0.2) is 0 Å². The van der Waals surface area contributed by atoms with Gasteiger partial charge in [0.2, 0.25) is 12.1 Å². The molecule has 2 rings (SSSR count). The summed E-state index contributed by atoms with van der Waals surface area (Å²) >= 11 is 0. The zero-order chi connectivity index (χ0) is 37.6. The molecule has 0 aromatic carbocycles. The highest BCUT2D eigenvalue weighted by molar-refractivity contribution is 5.73. The zero-order valence-corrected chi connectivity index (χ0v) is 30.6. The van der Waals surface area contributed by atoms with E-state index in [9.17, 15) is 39.6 Å². The van der Waals surface area contributed by atoms with Crippen LogP contribution in [0.2, 0.25) is 0 Å². The fourth-order valence-corrected chi connectivity index (χ4v) is 5.63. The van der Waals surface area contributed by atoms with Gasteiger partial charge in [-0.2, -0.15) is 0 Å². The lowest BCUT2D eigenvalue weighted by Gasteiger charge is -2.46. The summed E-state index contributed by atoms with van der Waals surface area (Å²) in [6, 6.07) is 0. The highest BCUT2D eigenvalue weighted by Gasteiger charge is 2.62. The van der Waals surface area contributed by atoms with Crippen molar-refractivity contribution in [2.24, 2.45) is 17.8 Å². The summed E-state index contributed by atoms with van der Waals surface area (Å²) in [7, 11) is 0. The first kappa shape index (κ1) is 43.8. The van der Waals surface area contributed by atoms with Crippen LogP contribution in [0.3, 0.4) is 0 Å². The van der Waals surface area contributed by atoms with Crippen LogP contribution in [0, 0.1) is 17.8 Å². The van der Waals surface area contributed by atoms with Gasteiger partial charge in [0.15, 0.2) is 24.4 Å². The molecular weight excluding hydrogens is 660 g/mol. The Labute approximate surface area is 295 Å². The summed E-state index contributed by atoms with van der Waals surface area (Å²) in [5, 5.41) is 42.0. The summed E-state index contributed by atoms with van der Waals surface area (Å²) in [5.41, 5.74) is 0. The SMILES string of the molecule is CCCCCCCCCC(=O)O[C@@H]1[C@@H](O[C@]2(CO)O[C@@H](CO)[C@@H](O)[C@@H]2OC(=O)CC(C)C)O[C@@H](CO)[C@H](OC(=O)C(C)C)[C@H]1OC(=O)C(C)C. The summed E-state index contributed by atoms with van der Waals surface area (Å²) in [6.45, 7) is 9.35. The summed E-state index contributed by atoms with van der Waals surface area (Å²) in [5.74, 6) is -6.78. The van der Waals surface area contributed by atoms with Gasteiger partial charge >= 0.3 is 23.9 Å². The largest absolute Gasteiger partial charge is 0.455 e. The van der Waals surface area contributed by atoms with E-state index in [0.717, 1.165) is 38.5 Å². The van der Waals surface area contributed by atoms with E-state index in [1.807, 2.05) is 0 Å². The van der Waals surface area contributed by atoms with Crippen molar-refractivity contribution in [3.05, 3.63) is 0 Å². The van der Waals surface area contributed by atoms with E-state index in [1.165, 1.54) is 0 Å². The maximum Gasteiger partial charge on any atom is 0.308 e. The van der Waals surface area contributed by atoms with Gasteiger partial charge in [0.25, 0.3) is 0 Å². The fourth-order valence-electron chi connectivity index (χ4n) is 5.63. The standard InChI is InChI=1S/C35H60O15/c1-8-9-10-11-12-13-14-15-25(39)45-30-29(48-33(43)22(6)7)28(47-32(42)21(4)5)24(18-37)44-34(30)50-35(19-38)31(27(41)23(17-36)49-35)46-26(40)16-20(2)3/h20-24,27-31,34,36-38,41H,8-19H2,1-7H3/t23-,24-,27+,28-,29+,30-,31-,34+,35-/m0/s1. The molecule has 15 heteroatoms. The third-order valence-electron chi connectivity index (χ3n) is 8.50. The molecule has 2 aliphatic rings. The maximum absolute atomic E-state index is 13.3. The molecule has 4 N–H and O–H groups in total. The summed E-state index contributed by atoms with van der Waals surface area (Å²) in [6.07, 6.45) is -6.26. The zero-order valence-electron chi connectivity index (χ0n) is 30.6. The topological polar surface area (TPSA) is 214 Å². The number of unbranched alkanes of at least 4 members (excludes halogenated alkanes) is 6. The molecule has 290 valence electrons. The number of carbonyl (C=O) groups excluding carboxylic acids is 4. The Morgan fingerprint density at radius 1 is 0.700 bits per heavy atom. The molecule has 2 aliphatic heterocycles. The Hall–Kier alpha value is -2.40. The summed E-state index contributed by atoms with van der Waals surface area (Å²) in [4.78, 5) is 52.0. The molecule has 0 bridgehead atoms. The van der Waals surface area contributed by atoms with Gasteiger partial charge in [0.1, 0.15) is 24.9 Å². The molecule has 0 unspecified atom stereocenters. The molecule has 0 spiro atoms. The number of esters is 4. The number of aliphatic hydroxyl groups is 4. The van der Waals surface area contributed by atoms with E-state index in [0.29, 0.717) is 6.42 Å². The molecule has 0 saturated carbocycles. The Balaban J connectivity index is 2.55. The molecule has 0 amide bonds. The molecule has 0 aliphatic carbocycles. The molecule has 0 aromatic rings. The lowest BCUT2D eigenvalue weighted by Crippen LogP contribution is -2.65. The fraction of sp³-hybridized carbons (Fsp3) is 0.886. The quantitative estimate of drug-likeness (QED) is 0.0761. The number of rotatable bonds is 21. The molecule has 2 fully saturated rings. The van der Waals surface area contributed by atoms with Gasteiger partial charge in [-0.1, -0.05) is 87.0 Å². The maximum atomic E-state index is 13.3. The van der Waals surface area contributed by atoms with Gasteiger partial charge < -0.3 is 53.6 Å².